The molecule has 0 aliphatic rings. The zero-order valence-corrected chi connectivity index (χ0v) is 15.3. The highest BCUT2D eigenvalue weighted by Gasteiger charge is 2.18. The van der Waals surface area contributed by atoms with Crippen LogP contribution in [0.4, 0.5) is 4.39 Å². The third-order valence-electron chi connectivity index (χ3n) is 4.40. The normalized spacial score (nSPS) is 11.0. The molecule has 27 heavy (non-hydrogen) atoms. The molecule has 0 radical (unpaired) electrons. The van der Waals surface area contributed by atoms with Gasteiger partial charge in [-0.05, 0) is 36.8 Å². The summed E-state index contributed by atoms with van der Waals surface area (Å²) in [5.41, 5.74) is 1.91. The number of halogens is 1. The molecule has 0 spiro atoms. The lowest BCUT2D eigenvalue weighted by atomic mass is 10.0. The van der Waals surface area contributed by atoms with Gasteiger partial charge in [-0.2, -0.15) is 0 Å². The Morgan fingerprint density at radius 3 is 2.52 bits per heavy atom. The summed E-state index contributed by atoms with van der Waals surface area (Å²) in [4.78, 5) is 31.6. The molecule has 0 unspecified atom stereocenters. The number of benzene rings is 2. The summed E-state index contributed by atoms with van der Waals surface area (Å²) >= 11 is 1.46. The van der Waals surface area contributed by atoms with E-state index in [0.29, 0.717) is 15.8 Å². The first-order valence-corrected chi connectivity index (χ1v) is 9.19. The number of thiophene rings is 1. The number of carbonyl (C=O) groups is 1. The Morgan fingerprint density at radius 1 is 1.11 bits per heavy atom. The summed E-state index contributed by atoms with van der Waals surface area (Å²) in [5.74, 6) is -0.681. The largest absolute Gasteiger partial charge is 0.292 e. The third kappa shape index (κ3) is 3.19. The van der Waals surface area contributed by atoms with E-state index in [1.807, 2.05) is 37.3 Å². The second-order valence-corrected chi connectivity index (χ2v) is 7.39. The number of hydrogen-bond donors (Lipinski definition) is 0. The maximum Gasteiger partial charge on any atom is 0.263 e. The van der Waals surface area contributed by atoms with Gasteiger partial charge in [0.25, 0.3) is 5.56 Å². The van der Waals surface area contributed by atoms with Crippen molar-refractivity contribution in [2.24, 2.45) is 0 Å². The maximum atomic E-state index is 13.1. The van der Waals surface area contributed by atoms with Crippen molar-refractivity contribution in [3.8, 4) is 11.1 Å². The highest BCUT2D eigenvalue weighted by Crippen LogP contribution is 2.35. The number of aryl methyl sites for hydroxylation is 1. The maximum absolute atomic E-state index is 13.1. The van der Waals surface area contributed by atoms with E-state index in [4.69, 9.17) is 0 Å². The number of hydrogen-bond acceptors (Lipinski definition) is 4. The minimum Gasteiger partial charge on any atom is -0.292 e. The van der Waals surface area contributed by atoms with Gasteiger partial charge in [-0.25, -0.2) is 9.37 Å². The second-order valence-electron chi connectivity index (χ2n) is 6.19. The summed E-state index contributed by atoms with van der Waals surface area (Å²) in [6.45, 7) is 1.82. The monoisotopic (exact) mass is 378 g/mol. The van der Waals surface area contributed by atoms with Crippen molar-refractivity contribution in [1.82, 2.24) is 9.55 Å². The van der Waals surface area contributed by atoms with Crippen molar-refractivity contribution < 1.29 is 9.18 Å². The average molecular weight is 378 g/mol. The molecule has 0 fully saturated rings. The summed E-state index contributed by atoms with van der Waals surface area (Å²) in [6, 6.07) is 15.0. The van der Waals surface area contributed by atoms with Gasteiger partial charge in [0.1, 0.15) is 10.6 Å². The van der Waals surface area contributed by atoms with E-state index in [9.17, 15) is 14.0 Å². The van der Waals surface area contributed by atoms with Gasteiger partial charge in [-0.15, -0.1) is 11.3 Å². The third-order valence-corrected chi connectivity index (χ3v) is 5.41. The van der Waals surface area contributed by atoms with Crippen LogP contribution in [0.2, 0.25) is 0 Å². The van der Waals surface area contributed by atoms with Gasteiger partial charge < -0.3 is 0 Å². The van der Waals surface area contributed by atoms with E-state index in [2.05, 4.69) is 4.98 Å². The lowest BCUT2D eigenvalue weighted by Gasteiger charge is -2.06. The van der Waals surface area contributed by atoms with Crippen LogP contribution in [0.25, 0.3) is 21.3 Å². The average Bonchev–Trinajstić information content (AvgIpc) is 3.02. The standard InChI is InChI=1S/C21H15FN2O2S/c1-13-18(15-5-3-2-4-6-15)19-20(27-13)23-12-24(21(19)26)11-17(25)14-7-9-16(22)10-8-14/h2-10,12H,11H2,1H3. The molecule has 0 amide bonds. The molecule has 0 aliphatic heterocycles. The predicted molar refractivity (Wildman–Crippen MR) is 105 cm³/mol. The molecule has 134 valence electrons. The molecule has 0 bridgehead atoms. The summed E-state index contributed by atoms with van der Waals surface area (Å²) in [5, 5.41) is 0.526. The zero-order valence-electron chi connectivity index (χ0n) is 14.5. The van der Waals surface area contributed by atoms with Crippen LogP contribution in [0.3, 0.4) is 0 Å². The Hall–Kier alpha value is -3.12. The highest BCUT2D eigenvalue weighted by molar-refractivity contribution is 7.19. The van der Waals surface area contributed by atoms with E-state index >= 15 is 0 Å². The molecular formula is C21H15FN2O2S. The fourth-order valence-corrected chi connectivity index (χ4v) is 4.09. The van der Waals surface area contributed by atoms with Crippen LogP contribution in [0.1, 0.15) is 15.2 Å². The fraction of sp³-hybridized carbons (Fsp3) is 0.0952. The van der Waals surface area contributed by atoms with E-state index in [1.54, 1.807) is 0 Å². The number of Topliss-reactive ketones (excluding diaryl/α,β-unsaturated/α-hetero) is 1. The van der Waals surface area contributed by atoms with Crippen molar-refractivity contribution in [3.05, 3.63) is 87.5 Å². The van der Waals surface area contributed by atoms with Crippen LogP contribution in [-0.2, 0) is 6.54 Å². The van der Waals surface area contributed by atoms with Crippen molar-refractivity contribution >= 4 is 27.3 Å². The van der Waals surface area contributed by atoms with Gasteiger partial charge in [-0.3, -0.25) is 14.2 Å². The van der Waals surface area contributed by atoms with Gasteiger partial charge in [0.15, 0.2) is 5.78 Å². The molecule has 2 heterocycles. The number of ketones is 1. The first kappa shape index (κ1) is 17.3. The van der Waals surface area contributed by atoms with E-state index in [0.717, 1.165) is 16.0 Å². The second kappa shape index (κ2) is 6.89. The van der Waals surface area contributed by atoms with Crippen molar-refractivity contribution in [3.63, 3.8) is 0 Å². The quantitative estimate of drug-likeness (QED) is 0.493. The van der Waals surface area contributed by atoms with Crippen LogP contribution in [0.5, 0.6) is 0 Å². The van der Waals surface area contributed by atoms with Gasteiger partial charge in [0.05, 0.1) is 18.3 Å². The number of rotatable bonds is 4. The summed E-state index contributed by atoms with van der Waals surface area (Å²) < 4.78 is 14.4. The Morgan fingerprint density at radius 2 is 1.81 bits per heavy atom. The number of carbonyl (C=O) groups excluding carboxylic acids is 1. The number of fused-ring (bicyclic) bond motifs is 1. The van der Waals surface area contributed by atoms with Crippen LogP contribution in [-0.4, -0.2) is 15.3 Å². The first-order chi connectivity index (χ1) is 13.0. The summed E-state index contributed by atoms with van der Waals surface area (Å²) in [6.07, 6.45) is 1.40. The molecule has 6 heteroatoms. The highest BCUT2D eigenvalue weighted by atomic mass is 32.1. The van der Waals surface area contributed by atoms with Crippen molar-refractivity contribution in [1.29, 1.82) is 0 Å². The van der Waals surface area contributed by atoms with E-state index in [-0.39, 0.29) is 17.9 Å². The molecular weight excluding hydrogens is 363 g/mol. The van der Waals surface area contributed by atoms with Crippen LogP contribution in [0, 0.1) is 12.7 Å². The predicted octanol–water partition coefficient (Wildman–Crippen LogP) is 4.46. The molecule has 4 nitrogen and oxygen atoms in total. The smallest absolute Gasteiger partial charge is 0.263 e. The SMILES string of the molecule is Cc1sc2ncn(CC(=O)c3ccc(F)cc3)c(=O)c2c1-c1ccccc1. The Bertz CT molecular complexity index is 1190. The molecule has 4 aromatic rings. The minimum absolute atomic E-state index is 0.142. The molecule has 4 rings (SSSR count). The molecule has 0 aliphatic carbocycles. The molecule has 0 atom stereocenters. The van der Waals surface area contributed by atoms with Crippen LogP contribution < -0.4 is 5.56 Å². The number of aromatic nitrogens is 2. The topological polar surface area (TPSA) is 52.0 Å². The van der Waals surface area contributed by atoms with E-state index in [1.165, 1.54) is 46.5 Å². The number of nitrogens with zero attached hydrogens (tertiary/aromatic N) is 2. The Labute approximate surface area is 158 Å². The lowest BCUT2D eigenvalue weighted by molar-refractivity contribution is 0.0970. The van der Waals surface area contributed by atoms with Gasteiger partial charge in [0, 0.05) is 16.0 Å². The van der Waals surface area contributed by atoms with E-state index < -0.39 is 5.82 Å². The fourth-order valence-electron chi connectivity index (χ4n) is 3.08. The van der Waals surface area contributed by atoms with Gasteiger partial charge >= 0.3 is 0 Å². The Balaban J connectivity index is 1.79. The molecule has 0 saturated heterocycles. The molecule has 2 aromatic carbocycles. The minimum atomic E-state index is -0.409. The van der Waals surface area contributed by atoms with Crippen LogP contribution >= 0.6 is 11.3 Å². The van der Waals surface area contributed by atoms with Gasteiger partial charge in [0.2, 0.25) is 0 Å². The van der Waals surface area contributed by atoms with Crippen molar-refractivity contribution in [2.75, 3.05) is 0 Å². The Kier molecular flexibility index (Phi) is 4.41. The summed E-state index contributed by atoms with van der Waals surface area (Å²) in [7, 11) is 0. The first-order valence-electron chi connectivity index (χ1n) is 8.37. The van der Waals surface area contributed by atoms with Gasteiger partial charge in [-0.1, -0.05) is 30.3 Å². The van der Waals surface area contributed by atoms with Crippen LogP contribution in [0.15, 0.2) is 65.7 Å². The van der Waals surface area contributed by atoms with Crippen molar-refractivity contribution in [2.45, 2.75) is 13.5 Å². The molecule has 2 aromatic heterocycles. The zero-order chi connectivity index (χ0) is 19.0. The lowest BCUT2D eigenvalue weighted by Crippen LogP contribution is -2.24. The molecule has 0 saturated carbocycles. The molecule has 0 N–H and O–H groups in total.